The van der Waals surface area contributed by atoms with Gasteiger partial charge in [0.2, 0.25) is 0 Å². The van der Waals surface area contributed by atoms with Crippen LogP contribution in [0.4, 0.5) is 0 Å². The maximum atomic E-state index is 11.0. The van der Waals surface area contributed by atoms with Gasteiger partial charge in [-0.15, -0.1) is 0 Å². The van der Waals surface area contributed by atoms with E-state index in [-0.39, 0.29) is 69.2 Å². The molecule has 0 saturated carbocycles. The van der Waals surface area contributed by atoms with Crippen molar-refractivity contribution in [2.75, 3.05) is 0 Å². The molecule has 0 fully saturated rings. The summed E-state index contributed by atoms with van der Waals surface area (Å²) in [5.74, 6) is -12.3. The number of carboxylic acid groups (broad SMARTS) is 6. The zero-order valence-electron chi connectivity index (χ0n) is 18.8. The maximum absolute atomic E-state index is 11.0. The molecule has 0 aromatic carbocycles. The van der Waals surface area contributed by atoms with E-state index in [1.165, 1.54) is 0 Å². The van der Waals surface area contributed by atoms with Crippen LogP contribution in [0.5, 0.6) is 0 Å². The van der Waals surface area contributed by atoms with Gasteiger partial charge in [0.05, 0.1) is 11.9 Å². The second-order valence-corrected chi connectivity index (χ2v) is 10.5. The van der Waals surface area contributed by atoms with E-state index in [9.17, 15) is 68.5 Å². The van der Waals surface area contributed by atoms with E-state index in [2.05, 4.69) is 0 Å². The van der Waals surface area contributed by atoms with Gasteiger partial charge in [-0.3, -0.25) is 9.13 Å². The molecular formula is C14H16Mg3O18P2. The van der Waals surface area contributed by atoms with E-state index in [0.717, 1.165) is 0 Å². The summed E-state index contributed by atoms with van der Waals surface area (Å²) in [6.07, 6.45) is -7.43. The number of carbonyl (C=O) groups excluding carboxylic acids is 6. The van der Waals surface area contributed by atoms with E-state index in [0.29, 0.717) is 0 Å². The van der Waals surface area contributed by atoms with Crippen LogP contribution in [0.25, 0.3) is 0 Å². The second kappa shape index (κ2) is 18.7. The largest absolute Gasteiger partial charge is 2.00 e. The molecule has 23 heteroatoms. The Morgan fingerprint density at radius 1 is 0.514 bits per heavy atom. The summed E-state index contributed by atoms with van der Waals surface area (Å²) in [6.45, 7) is 0. The minimum absolute atomic E-state index is 0. The van der Waals surface area contributed by atoms with Crippen molar-refractivity contribution in [1.82, 2.24) is 0 Å². The van der Waals surface area contributed by atoms with Crippen molar-refractivity contribution < 1.29 is 88.1 Å². The number of hydrogen-bond acceptors (Lipinski definition) is 14. The van der Waals surface area contributed by atoms with Crippen LogP contribution in [-0.4, -0.2) is 135 Å². The van der Waals surface area contributed by atoms with Gasteiger partial charge in [-0.1, -0.05) is 0 Å². The SMILES string of the molecule is O=C([O-])CCC(CC(=O)[O-])(C(=O)[O-])P(=O)(O)O.O=C([O-])CCC(CC(=O)[O-])(C(=O)[O-])P(=O)(O)O.[Mg+2].[Mg+2].[Mg+2]. The van der Waals surface area contributed by atoms with Gasteiger partial charge in [-0.05, 0) is 25.7 Å². The smallest absolute Gasteiger partial charge is 0.550 e. The molecule has 0 aliphatic heterocycles. The predicted octanol–water partition coefficient (Wildman–Crippen LogP) is -10.5. The first kappa shape index (κ1) is 46.3. The number of hydrogen-bond donors (Lipinski definition) is 4. The molecule has 0 aromatic rings. The van der Waals surface area contributed by atoms with Crippen LogP contribution in [0.15, 0.2) is 0 Å². The molecule has 0 aromatic heterocycles. The molecule has 0 amide bonds. The van der Waals surface area contributed by atoms with E-state index in [1.807, 2.05) is 0 Å². The topological polar surface area (TPSA) is 356 Å². The van der Waals surface area contributed by atoms with Gasteiger partial charge in [-0.25, -0.2) is 0 Å². The number of carbonyl (C=O) groups is 6. The molecule has 196 valence electrons. The zero-order chi connectivity index (χ0) is 27.7. The van der Waals surface area contributed by atoms with Crippen molar-refractivity contribution in [3.8, 4) is 0 Å². The molecule has 0 aliphatic rings. The Kier molecular flexibility index (Phi) is 23.3. The van der Waals surface area contributed by atoms with Crippen LogP contribution in [0.3, 0.4) is 0 Å². The summed E-state index contributed by atoms with van der Waals surface area (Å²) in [6, 6.07) is 0. The maximum Gasteiger partial charge on any atom is 2.00 e. The van der Waals surface area contributed by atoms with Gasteiger partial charge in [0, 0.05) is 36.7 Å². The number of aliphatic carboxylic acids is 6. The third-order valence-corrected chi connectivity index (χ3v) is 7.59. The third kappa shape index (κ3) is 15.0. The fraction of sp³-hybridized carbons (Fsp3) is 0.571. The Balaban J connectivity index is -0.000000171. The quantitative estimate of drug-likeness (QED) is 0.105. The van der Waals surface area contributed by atoms with Gasteiger partial charge in [0.15, 0.2) is 0 Å². The summed E-state index contributed by atoms with van der Waals surface area (Å²) in [4.78, 5) is 97.7. The monoisotopic (exact) mass is 606 g/mol. The molecule has 0 aliphatic carbocycles. The predicted molar refractivity (Wildman–Crippen MR) is 105 cm³/mol. The molecule has 4 N–H and O–H groups in total. The fourth-order valence-corrected chi connectivity index (χ4v) is 4.31. The average Bonchev–Trinajstić information content (AvgIpc) is 2.59. The van der Waals surface area contributed by atoms with Crippen molar-refractivity contribution in [2.45, 2.75) is 48.8 Å². The van der Waals surface area contributed by atoms with E-state index in [1.54, 1.807) is 0 Å². The Hall–Kier alpha value is -0.581. The fourth-order valence-electron chi connectivity index (χ4n) is 2.36. The first-order valence-electron chi connectivity index (χ1n) is 8.39. The molecule has 2 unspecified atom stereocenters. The molecule has 0 radical (unpaired) electrons. The summed E-state index contributed by atoms with van der Waals surface area (Å²) in [7, 11) is -10.9. The number of carboxylic acids is 6. The molecule has 2 atom stereocenters. The molecule has 37 heavy (non-hydrogen) atoms. The van der Waals surface area contributed by atoms with Crippen LogP contribution >= 0.6 is 15.2 Å². The van der Waals surface area contributed by atoms with Crippen molar-refractivity contribution in [2.24, 2.45) is 0 Å². The van der Waals surface area contributed by atoms with Gasteiger partial charge in [-0.2, -0.15) is 0 Å². The number of rotatable bonds is 14. The van der Waals surface area contributed by atoms with E-state index in [4.69, 9.17) is 19.6 Å². The average molecular weight is 607 g/mol. The van der Waals surface area contributed by atoms with Crippen molar-refractivity contribution in [3.05, 3.63) is 0 Å². The van der Waals surface area contributed by atoms with Gasteiger partial charge < -0.3 is 79.0 Å². The first-order valence-corrected chi connectivity index (χ1v) is 11.6. The molecule has 0 spiro atoms. The Bertz CT molecular complexity index is 855. The molecular weight excluding hydrogens is 591 g/mol. The van der Waals surface area contributed by atoms with Crippen molar-refractivity contribution >= 4 is 120 Å². The van der Waals surface area contributed by atoms with Crippen molar-refractivity contribution in [3.63, 3.8) is 0 Å². The van der Waals surface area contributed by atoms with Gasteiger partial charge >= 0.3 is 84.3 Å². The molecule has 0 heterocycles. The van der Waals surface area contributed by atoms with Crippen LogP contribution in [0, 0.1) is 0 Å². The Labute approximate surface area is 255 Å². The third-order valence-electron chi connectivity index (χ3n) is 4.23. The second-order valence-electron chi connectivity index (χ2n) is 6.57. The van der Waals surface area contributed by atoms with Gasteiger partial charge in [0.1, 0.15) is 10.3 Å². The summed E-state index contributed by atoms with van der Waals surface area (Å²) in [5.41, 5.74) is 0. The van der Waals surface area contributed by atoms with Crippen molar-refractivity contribution in [1.29, 1.82) is 0 Å². The first-order chi connectivity index (χ1) is 15.1. The van der Waals surface area contributed by atoms with E-state index >= 15 is 0 Å². The van der Waals surface area contributed by atoms with Crippen LogP contribution < -0.4 is 30.6 Å². The molecule has 0 bridgehead atoms. The molecule has 0 rings (SSSR count). The standard InChI is InChI=1S/2C7H11O9P.3Mg/c2*8-4(9)1-2-7(6(12)13,3-5(10)11)17(14,15)16;;;/h2*1-3H2,(H,8,9)(H,10,11)(H,12,13)(H2,14,15,16);;;/q;;3*+2/p-6. The minimum Gasteiger partial charge on any atom is -0.550 e. The van der Waals surface area contributed by atoms with Gasteiger partial charge in [0.25, 0.3) is 0 Å². The van der Waals surface area contributed by atoms with E-state index < -0.39 is 99.8 Å². The Morgan fingerprint density at radius 3 is 0.838 bits per heavy atom. The molecule has 0 saturated heterocycles. The Morgan fingerprint density at radius 2 is 0.730 bits per heavy atom. The van der Waals surface area contributed by atoms with Crippen LogP contribution in [-0.2, 0) is 37.9 Å². The molecule has 18 nitrogen and oxygen atoms in total. The summed E-state index contributed by atoms with van der Waals surface area (Å²) >= 11 is 0. The summed E-state index contributed by atoms with van der Waals surface area (Å²) < 4.78 is 22.0. The zero-order valence-corrected chi connectivity index (χ0v) is 24.8. The normalized spacial score (nSPS) is 13.7. The van der Waals surface area contributed by atoms with Crippen LogP contribution in [0.2, 0.25) is 0 Å². The minimum atomic E-state index is -5.45. The van der Waals surface area contributed by atoms with Crippen LogP contribution in [0.1, 0.15) is 38.5 Å². The summed E-state index contributed by atoms with van der Waals surface area (Å²) in [5, 5.41) is 56.1.